The lowest BCUT2D eigenvalue weighted by Crippen LogP contribution is -2.46. The first-order valence-corrected chi connectivity index (χ1v) is 14.7. The molecule has 1 fully saturated rings. The third-order valence-electron chi connectivity index (χ3n) is 8.72. The van der Waals surface area contributed by atoms with E-state index in [1.807, 2.05) is 0 Å². The fraction of sp³-hybridized carbons (Fsp3) is 0.355. The van der Waals surface area contributed by atoms with Gasteiger partial charge in [0.05, 0.1) is 47.7 Å². The summed E-state index contributed by atoms with van der Waals surface area (Å²) in [5, 5.41) is 17.7. The monoisotopic (exact) mass is 631 g/mol. The molecule has 46 heavy (non-hydrogen) atoms. The first-order chi connectivity index (χ1) is 22.0. The number of carbonyl (C=O) groups is 2. The Morgan fingerprint density at radius 2 is 1.98 bits per heavy atom. The Kier molecular flexibility index (Phi) is 6.76. The van der Waals surface area contributed by atoms with Crippen molar-refractivity contribution >= 4 is 28.5 Å². The number of aryl methyl sites for hydroxylation is 3. The number of hydrogen-bond donors (Lipinski definition) is 0. The number of nitrogens with zero attached hydrogens (tertiary/aromatic N) is 9. The van der Waals surface area contributed by atoms with Gasteiger partial charge >= 0.3 is 12.2 Å². The highest BCUT2D eigenvalue weighted by atomic mass is 19.4. The Morgan fingerprint density at radius 3 is 2.70 bits per heavy atom. The van der Waals surface area contributed by atoms with Gasteiger partial charge in [-0.25, -0.2) is 9.78 Å². The first-order valence-electron chi connectivity index (χ1n) is 14.7. The minimum Gasteiger partial charge on any atom is -0.490 e. The molecule has 0 saturated carbocycles. The van der Waals surface area contributed by atoms with E-state index in [9.17, 15) is 28.0 Å². The molecule has 1 atom stereocenters. The van der Waals surface area contributed by atoms with Crippen LogP contribution in [0.5, 0.6) is 5.75 Å². The van der Waals surface area contributed by atoms with Gasteiger partial charge in [-0.3, -0.25) is 4.79 Å². The second kappa shape index (κ2) is 10.6. The number of rotatable bonds is 1. The Hall–Kier alpha value is -5.39. The van der Waals surface area contributed by atoms with Gasteiger partial charge in [0.25, 0.3) is 5.91 Å². The minimum atomic E-state index is -4.70. The van der Waals surface area contributed by atoms with Crippen molar-refractivity contribution in [2.75, 3.05) is 26.2 Å². The van der Waals surface area contributed by atoms with Crippen molar-refractivity contribution in [1.82, 2.24) is 38.7 Å². The number of nitriles is 1. The summed E-state index contributed by atoms with van der Waals surface area (Å²) in [7, 11) is 1.66. The van der Waals surface area contributed by atoms with E-state index < -0.39 is 29.7 Å². The van der Waals surface area contributed by atoms with Crippen LogP contribution in [-0.4, -0.2) is 83.0 Å². The zero-order valence-corrected chi connectivity index (χ0v) is 25.2. The number of aromatic nitrogens is 6. The Bertz CT molecular complexity index is 2100. The lowest BCUT2D eigenvalue weighted by atomic mass is 9.94. The molecule has 0 bridgehead atoms. The van der Waals surface area contributed by atoms with E-state index in [1.54, 1.807) is 54.3 Å². The summed E-state index contributed by atoms with van der Waals surface area (Å²) in [6.45, 7) is 3.91. The molecule has 2 amide bonds. The highest BCUT2D eigenvalue weighted by Crippen LogP contribution is 2.48. The molecule has 236 valence electrons. The molecule has 7 rings (SSSR count). The fourth-order valence-electron chi connectivity index (χ4n) is 6.45. The van der Waals surface area contributed by atoms with Crippen LogP contribution in [0, 0.1) is 25.2 Å². The highest BCUT2D eigenvalue weighted by Gasteiger charge is 2.39. The lowest BCUT2D eigenvalue weighted by molar-refractivity contribution is -0.137. The first kappa shape index (κ1) is 29.3. The molecule has 2 aliphatic heterocycles. The third kappa shape index (κ3) is 4.55. The Morgan fingerprint density at radius 1 is 1.17 bits per heavy atom. The van der Waals surface area contributed by atoms with Crippen LogP contribution in [-0.2, 0) is 19.6 Å². The molecule has 15 heteroatoms. The van der Waals surface area contributed by atoms with Crippen LogP contribution in [0.3, 0.4) is 0 Å². The third-order valence-corrected chi connectivity index (χ3v) is 8.72. The highest BCUT2D eigenvalue weighted by molar-refractivity contribution is 6.01. The summed E-state index contributed by atoms with van der Waals surface area (Å²) in [6.07, 6.45) is -0.854. The number of hydrogen-bond acceptors (Lipinski definition) is 7. The molecular weight excluding hydrogens is 603 g/mol. The average molecular weight is 632 g/mol. The molecule has 1 aromatic carbocycles. The van der Waals surface area contributed by atoms with Gasteiger partial charge in [-0.2, -0.15) is 23.1 Å². The summed E-state index contributed by atoms with van der Waals surface area (Å²) in [6, 6.07) is 6.65. The number of amides is 2. The molecule has 6 heterocycles. The van der Waals surface area contributed by atoms with Gasteiger partial charge in [0.2, 0.25) is 0 Å². The lowest BCUT2D eigenvalue weighted by Gasteiger charge is -2.26. The summed E-state index contributed by atoms with van der Waals surface area (Å²) in [5.41, 5.74) is 1.84. The maximum absolute atomic E-state index is 14.7. The summed E-state index contributed by atoms with van der Waals surface area (Å²) >= 11 is 0. The van der Waals surface area contributed by atoms with Gasteiger partial charge < -0.3 is 23.5 Å². The predicted octanol–water partition coefficient (Wildman–Crippen LogP) is 4.36. The largest absolute Gasteiger partial charge is 0.490 e. The van der Waals surface area contributed by atoms with E-state index in [2.05, 4.69) is 21.4 Å². The van der Waals surface area contributed by atoms with Crippen LogP contribution >= 0.6 is 0 Å². The second-order valence-electron chi connectivity index (χ2n) is 11.5. The van der Waals surface area contributed by atoms with Crippen molar-refractivity contribution in [3.8, 4) is 22.9 Å². The van der Waals surface area contributed by atoms with Crippen LogP contribution in [0.2, 0.25) is 0 Å². The van der Waals surface area contributed by atoms with Gasteiger partial charge in [0.15, 0.2) is 5.75 Å². The number of alkyl halides is 3. The van der Waals surface area contributed by atoms with Crippen LogP contribution in [0.1, 0.15) is 39.6 Å². The summed E-state index contributed by atoms with van der Waals surface area (Å²) in [4.78, 5) is 34.7. The number of ether oxygens (including phenoxy) is 1. The molecule has 0 aliphatic carbocycles. The summed E-state index contributed by atoms with van der Waals surface area (Å²) < 4.78 is 54.5. The molecule has 0 spiro atoms. The number of fused-ring (bicyclic) bond motifs is 4. The molecule has 5 aromatic rings. The van der Waals surface area contributed by atoms with Crippen molar-refractivity contribution < 1.29 is 27.5 Å². The molecule has 4 aromatic heterocycles. The van der Waals surface area contributed by atoms with Crippen molar-refractivity contribution in [1.29, 1.82) is 5.26 Å². The standard InChI is InChI=1S/C31H28F3N9O3/c1-17-15-43(38-37-17)30(45)41-10-5-8-40(16-20(41)14-35)29(44)24-12-19-7-11-46-28-25(21-6-4-9-42(24)27(19)21)22(31(32,33)34)13-23-26(28)36-18(2)39(23)3/h4,6,9,12-13,15,20H,5,7-8,10-11,16H2,1-3H3/t20-/m1/s1. The zero-order chi connectivity index (χ0) is 32.5. The van der Waals surface area contributed by atoms with E-state index in [0.717, 1.165) is 10.7 Å². The van der Waals surface area contributed by atoms with Crippen molar-refractivity contribution in [2.45, 2.75) is 38.9 Å². The smallest absolute Gasteiger partial charge is 0.417 e. The Balaban J connectivity index is 1.32. The van der Waals surface area contributed by atoms with Crippen molar-refractivity contribution in [3.63, 3.8) is 0 Å². The quantitative estimate of drug-likeness (QED) is 0.269. The van der Waals surface area contributed by atoms with E-state index in [4.69, 9.17) is 4.74 Å². The topological polar surface area (TPSA) is 127 Å². The molecule has 0 radical (unpaired) electrons. The average Bonchev–Trinajstić information content (AvgIpc) is 3.64. The van der Waals surface area contributed by atoms with E-state index in [0.29, 0.717) is 46.5 Å². The zero-order valence-electron chi connectivity index (χ0n) is 25.2. The van der Waals surface area contributed by atoms with Crippen molar-refractivity contribution in [2.24, 2.45) is 7.05 Å². The fourth-order valence-corrected chi connectivity index (χ4v) is 6.45. The predicted molar refractivity (Wildman–Crippen MR) is 158 cm³/mol. The molecule has 0 N–H and O–H groups in total. The van der Waals surface area contributed by atoms with Crippen LogP contribution in [0.25, 0.3) is 27.7 Å². The van der Waals surface area contributed by atoms with Gasteiger partial charge in [-0.05, 0) is 44.0 Å². The number of halogens is 3. The molecule has 1 saturated heterocycles. The van der Waals surface area contributed by atoms with Gasteiger partial charge in [0, 0.05) is 43.9 Å². The van der Waals surface area contributed by atoms with E-state index in [-0.39, 0.29) is 48.8 Å². The normalized spacial score (nSPS) is 16.8. The molecular formula is C31H28F3N9O3. The van der Waals surface area contributed by atoms with Gasteiger partial charge in [0.1, 0.15) is 23.1 Å². The maximum atomic E-state index is 14.7. The minimum absolute atomic E-state index is 0.0538. The maximum Gasteiger partial charge on any atom is 0.417 e. The summed E-state index contributed by atoms with van der Waals surface area (Å²) in [5.74, 6) is 0.191. The van der Waals surface area contributed by atoms with Gasteiger partial charge in [-0.15, -0.1) is 5.10 Å². The number of carbonyl (C=O) groups excluding carboxylic acids is 2. The van der Waals surface area contributed by atoms with Crippen LogP contribution < -0.4 is 4.74 Å². The van der Waals surface area contributed by atoms with Gasteiger partial charge in [-0.1, -0.05) is 11.3 Å². The number of pyridine rings is 1. The van der Waals surface area contributed by atoms with Crippen molar-refractivity contribution in [3.05, 3.63) is 65.0 Å². The second-order valence-corrected chi connectivity index (χ2v) is 11.5. The Labute approximate surface area is 260 Å². The molecule has 0 unspecified atom stereocenters. The van der Waals surface area contributed by atoms with E-state index in [1.165, 1.54) is 16.0 Å². The number of benzene rings is 1. The number of imidazole rings is 1. The van der Waals surface area contributed by atoms with E-state index >= 15 is 0 Å². The van der Waals surface area contributed by atoms with Crippen LogP contribution in [0.4, 0.5) is 18.0 Å². The SMILES string of the molecule is Cc1cn(C(=O)N2CCCN(C(=O)c3cc4c5c(cccn35)-c3c(C(F)(F)F)cc5c(nc(C)n5C)c3OCC4)C[C@H]2C#N)nn1. The molecule has 12 nitrogen and oxygen atoms in total. The molecule has 2 aliphatic rings. The van der Waals surface area contributed by atoms with Crippen LogP contribution in [0.15, 0.2) is 36.7 Å².